The summed E-state index contributed by atoms with van der Waals surface area (Å²) in [5.41, 5.74) is -0.454. The van der Waals surface area contributed by atoms with E-state index in [4.69, 9.17) is 5.11 Å². The Hall–Kier alpha value is -1.90. The molecule has 0 saturated heterocycles. The van der Waals surface area contributed by atoms with Crippen LogP contribution in [-0.2, 0) is 16.6 Å². The van der Waals surface area contributed by atoms with Crippen LogP contribution in [0.4, 0.5) is 0 Å². The molecule has 0 amide bonds. The van der Waals surface area contributed by atoms with E-state index in [-0.39, 0.29) is 11.4 Å². The predicted octanol–water partition coefficient (Wildman–Crippen LogP) is 1.94. The van der Waals surface area contributed by atoms with Crippen LogP contribution in [0.15, 0.2) is 35.2 Å². The van der Waals surface area contributed by atoms with Crippen LogP contribution in [0.1, 0.15) is 20.1 Å². The van der Waals surface area contributed by atoms with E-state index >= 15 is 0 Å². The lowest BCUT2D eigenvalue weighted by Crippen LogP contribution is -2.23. The highest BCUT2D eigenvalue weighted by atomic mass is 32.2. The van der Waals surface area contributed by atoms with Crippen LogP contribution < -0.4 is 4.72 Å². The van der Waals surface area contributed by atoms with E-state index in [1.807, 2.05) is 19.1 Å². The molecular formula is C13H13NO5S2. The largest absolute Gasteiger partial charge is 0.507 e. The molecule has 0 aliphatic heterocycles. The number of aryl methyl sites for hydroxylation is 1. The third kappa shape index (κ3) is 3.60. The van der Waals surface area contributed by atoms with Crippen molar-refractivity contribution in [3.05, 3.63) is 45.6 Å². The monoisotopic (exact) mass is 327 g/mol. The molecule has 0 atom stereocenters. The fourth-order valence-corrected chi connectivity index (χ4v) is 3.64. The Bertz CT molecular complexity index is 780. The number of hydrogen-bond acceptors (Lipinski definition) is 5. The molecule has 0 fully saturated rings. The fourth-order valence-electron chi connectivity index (χ4n) is 1.68. The Labute approximate surface area is 125 Å². The Balaban J connectivity index is 2.23. The maximum Gasteiger partial charge on any atom is 0.339 e. The predicted molar refractivity (Wildman–Crippen MR) is 78.1 cm³/mol. The van der Waals surface area contributed by atoms with Crippen LogP contribution in [0.25, 0.3) is 0 Å². The quantitative estimate of drug-likeness (QED) is 0.778. The lowest BCUT2D eigenvalue weighted by molar-refractivity contribution is 0.0693. The number of benzene rings is 1. The van der Waals surface area contributed by atoms with Gasteiger partial charge in [-0.2, -0.15) is 0 Å². The summed E-state index contributed by atoms with van der Waals surface area (Å²) in [4.78, 5) is 12.6. The van der Waals surface area contributed by atoms with E-state index in [2.05, 4.69) is 4.72 Å². The number of rotatable bonds is 5. The molecule has 6 nitrogen and oxygen atoms in total. The maximum absolute atomic E-state index is 12.1. The van der Waals surface area contributed by atoms with Crippen molar-refractivity contribution in [3.63, 3.8) is 0 Å². The SMILES string of the molecule is Cc1ccc(CNS(=O)(=O)c2ccc(O)c(C(=O)O)c2)s1. The molecule has 0 bridgehead atoms. The summed E-state index contributed by atoms with van der Waals surface area (Å²) in [6.07, 6.45) is 0. The average molecular weight is 327 g/mol. The van der Waals surface area contributed by atoms with Gasteiger partial charge in [0.25, 0.3) is 0 Å². The summed E-state index contributed by atoms with van der Waals surface area (Å²) in [6, 6.07) is 6.84. The fraction of sp³-hybridized carbons (Fsp3) is 0.154. The van der Waals surface area contributed by atoms with Gasteiger partial charge in [-0.1, -0.05) is 0 Å². The zero-order valence-corrected chi connectivity index (χ0v) is 12.7. The minimum atomic E-state index is -3.84. The van der Waals surface area contributed by atoms with Gasteiger partial charge < -0.3 is 10.2 Å². The molecule has 8 heteroatoms. The van der Waals surface area contributed by atoms with Crippen LogP contribution in [-0.4, -0.2) is 24.6 Å². The first-order chi connectivity index (χ1) is 9.79. The summed E-state index contributed by atoms with van der Waals surface area (Å²) in [6.45, 7) is 2.05. The number of aromatic carboxylic acids is 1. The third-order valence-corrected chi connectivity index (χ3v) is 5.14. The third-order valence-electron chi connectivity index (χ3n) is 2.74. The van der Waals surface area contributed by atoms with Crippen molar-refractivity contribution in [2.45, 2.75) is 18.4 Å². The molecule has 1 heterocycles. The second-order valence-electron chi connectivity index (χ2n) is 4.32. The molecule has 0 aliphatic carbocycles. The van der Waals surface area contributed by atoms with Gasteiger partial charge in [0.15, 0.2) is 0 Å². The van der Waals surface area contributed by atoms with Crippen molar-refractivity contribution in [3.8, 4) is 5.75 Å². The summed E-state index contributed by atoms with van der Waals surface area (Å²) in [7, 11) is -3.84. The lowest BCUT2D eigenvalue weighted by atomic mass is 10.2. The normalized spacial score (nSPS) is 11.5. The molecule has 21 heavy (non-hydrogen) atoms. The Morgan fingerprint density at radius 2 is 2.00 bits per heavy atom. The molecule has 0 unspecified atom stereocenters. The highest BCUT2D eigenvalue weighted by Gasteiger charge is 2.18. The van der Waals surface area contributed by atoms with E-state index in [1.54, 1.807) is 0 Å². The van der Waals surface area contributed by atoms with E-state index in [1.165, 1.54) is 11.3 Å². The molecule has 1 aromatic carbocycles. The Kier molecular flexibility index (Phi) is 4.31. The Morgan fingerprint density at radius 3 is 2.57 bits per heavy atom. The van der Waals surface area contributed by atoms with Crippen molar-refractivity contribution in [2.75, 3.05) is 0 Å². The molecule has 2 rings (SSSR count). The highest BCUT2D eigenvalue weighted by molar-refractivity contribution is 7.89. The molecular weight excluding hydrogens is 314 g/mol. The van der Waals surface area contributed by atoms with Crippen LogP contribution in [0.3, 0.4) is 0 Å². The van der Waals surface area contributed by atoms with Crippen molar-refractivity contribution in [2.24, 2.45) is 0 Å². The molecule has 2 aromatic rings. The molecule has 1 aromatic heterocycles. The van der Waals surface area contributed by atoms with Gasteiger partial charge in [-0.05, 0) is 37.3 Å². The number of aromatic hydroxyl groups is 1. The molecule has 0 radical (unpaired) electrons. The van der Waals surface area contributed by atoms with E-state index in [0.29, 0.717) is 0 Å². The van der Waals surface area contributed by atoms with Crippen LogP contribution in [0.2, 0.25) is 0 Å². The van der Waals surface area contributed by atoms with Crippen molar-refractivity contribution >= 4 is 27.3 Å². The lowest BCUT2D eigenvalue weighted by Gasteiger charge is -2.07. The van der Waals surface area contributed by atoms with E-state index in [0.717, 1.165) is 28.0 Å². The second-order valence-corrected chi connectivity index (χ2v) is 7.46. The minimum absolute atomic E-state index is 0.129. The second kappa shape index (κ2) is 5.84. The number of phenols is 1. The van der Waals surface area contributed by atoms with Crippen LogP contribution in [0, 0.1) is 6.92 Å². The number of sulfonamides is 1. The molecule has 0 spiro atoms. The van der Waals surface area contributed by atoms with Gasteiger partial charge in [0, 0.05) is 16.3 Å². The Morgan fingerprint density at radius 1 is 1.29 bits per heavy atom. The van der Waals surface area contributed by atoms with Gasteiger partial charge in [-0.15, -0.1) is 11.3 Å². The van der Waals surface area contributed by atoms with Crippen LogP contribution >= 0.6 is 11.3 Å². The van der Waals surface area contributed by atoms with Crippen LogP contribution in [0.5, 0.6) is 5.75 Å². The number of hydrogen-bond donors (Lipinski definition) is 3. The van der Waals surface area contributed by atoms with Gasteiger partial charge in [0.05, 0.1) is 4.90 Å². The zero-order chi connectivity index (χ0) is 15.6. The van der Waals surface area contributed by atoms with Crippen molar-refractivity contribution in [1.29, 1.82) is 0 Å². The van der Waals surface area contributed by atoms with Crippen molar-refractivity contribution in [1.82, 2.24) is 4.72 Å². The standard InChI is InChI=1S/C13H13NO5S2/c1-8-2-3-9(20-8)7-14-21(18,19)10-4-5-12(15)11(6-10)13(16)17/h2-6,14-15H,7H2,1H3,(H,16,17). The number of carboxylic acids is 1. The van der Waals surface area contributed by atoms with Crippen molar-refractivity contribution < 1.29 is 23.4 Å². The van der Waals surface area contributed by atoms with E-state index < -0.39 is 27.3 Å². The number of nitrogens with one attached hydrogen (secondary N) is 1. The van der Waals surface area contributed by atoms with Gasteiger partial charge in [0.1, 0.15) is 11.3 Å². The first kappa shape index (κ1) is 15.5. The van der Waals surface area contributed by atoms with Gasteiger partial charge >= 0.3 is 5.97 Å². The van der Waals surface area contributed by atoms with Gasteiger partial charge in [0.2, 0.25) is 10.0 Å². The smallest absolute Gasteiger partial charge is 0.339 e. The summed E-state index contributed by atoms with van der Waals surface area (Å²) >= 11 is 1.47. The molecule has 0 aliphatic rings. The minimum Gasteiger partial charge on any atom is -0.507 e. The summed E-state index contributed by atoms with van der Waals surface area (Å²) in [5.74, 6) is -1.87. The topological polar surface area (TPSA) is 104 Å². The maximum atomic E-state index is 12.1. The van der Waals surface area contributed by atoms with Gasteiger partial charge in [-0.3, -0.25) is 0 Å². The number of carbonyl (C=O) groups is 1. The number of thiophene rings is 1. The van der Waals surface area contributed by atoms with Gasteiger partial charge in [-0.25, -0.2) is 17.9 Å². The number of carboxylic acid groups (broad SMARTS) is 1. The first-order valence-corrected chi connectivity index (χ1v) is 8.21. The van der Waals surface area contributed by atoms with E-state index in [9.17, 15) is 18.3 Å². The summed E-state index contributed by atoms with van der Waals surface area (Å²) in [5, 5.41) is 18.3. The highest BCUT2D eigenvalue weighted by Crippen LogP contribution is 2.22. The summed E-state index contributed by atoms with van der Waals surface area (Å²) < 4.78 is 26.6. The zero-order valence-electron chi connectivity index (χ0n) is 11.0. The first-order valence-electron chi connectivity index (χ1n) is 5.91. The average Bonchev–Trinajstić information content (AvgIpc) is 2.82. The molecule has 3 N–H and O–H groups in total. The molecule has 0 saturated carbocycles. The molecule has 112 valence electrons.